The van der Waals surface area contributed by atoms with E-state index in [-0.39, 0.29) is 0 Å². The lowest BCUT2D eigenvalue weighted by Crippen LogP contribution is -2.53. The maximum atomic E-state index is 15.8. The highest BCUT2D eigenvalue weighted by atomic mass is 19.2. The SMILES string of the molecule is CC1=CC(C)=[N+]2C1=C(CCCCc1cn(CCCCCCCCN3[C@@H]4[C@H](C(=O)O)[C@@H](O)[C@H](O)[C@@H](O)[C@@H]43)nn1)c1c(C)cc(C)n1[B-]2(F)F. The van der Waals surface area contributed by atoms with Gasteiger partial charge in [-0.1, -0.05) is 30.9 Å². The Kier molecular flexibility index (Phi) is 9.82. The Hall–Kier alpha value is -3.20. The molecule has 2 fully saturated rings. The molecule has 0 bridgehead atoms. The highest BCUT2D eigenvalue weighted by Gasteiger charge is 2.65. The number of likely N-dealkylation sites (tertiary alicyclic amines) is 1. The summed E-state index contributed by atoms with van der Waals surface area (Å²) in [7, 11) is 0. The molecule has 1 aliphatic carbocycles. The Bertz CT molecular complexity index is 1650. The molecular formula is C34H49BF2N6O5. The number of hydrogen-bond acceptors (Lipinski definition) is 7. The molecule has 1 saturated heterocycles. The van der Waals surface area contributed by atoms with Crippen molar-refractivity contribution in [3.63, 3.8) is 0 Å². The van der Waals surface area contributed by atoms with Crippen molar-refractivity contribution in [3.05, 3.63) is 52.3 Å². The van der Waals surface area contributed by atoms with E-state index in [2.05, 4.69) is 10.3 Å². The van der Waals surface area contributed by atoms with Crippen LogP contribution >= 0.6 is 0 Å². The fraction of sp³-hybridized carbons (Fsp3) is 0.647. The summed E-state index contributed by atoms with van der Waals surface area (Å²) in [6.07, 6.45) is 9.12. The Morgan fingerprint density at radius 3 is 2.27 bits per heavy atom. The molecule has 4 aliphatic rings. The number of fused-ring (bicyclic) bond motifs is 3. The molecule has 7 atom stereocenters. The standard InChI is InChI=1S/C34H49BF2N6O5/c1-20-17-22(3)42-27(20)25(28-21(2)18-23(4)43(28)35(42,36)37)14-10-9-13-24-19-40(39-38-24)15-11-7-5-6-8-12-16-41-29-26(34(47)48)31(44)33(46)32(45)30(29)41/h17-19,26,29-33,44-46H,5-16H2,1-4H3,(H,47,48)/t26-,29+,30+,31+,32-,33-,41?/m0/s1. The predicted octanol–water partition coefficient (Wildman–Crippen LogP) is 3.68. The number of carbonyl (C=O) groups is 1. The van der Waals surface area contributed by atoms with E-state index in [4.69, 9.17) is 0 Å². The van der Waals surface area contributed by atoms with Gasteiger partial charge in [-0.05, 0) is 83.2 Å². The zero-order valence-electron chi connectivity index (χ0n) is 28.4. The molecule has 14 heteroatoms. The second-order valence-electron chi connectivity index (χ2n) is 14.3. The number of carboxylic acid groups (broad SMARTS) is 1. The van der Waals surface area contributed by atoms with Gasteiger partial charge in [0.2, 0.25) is 0 Å². The van der Waals surface area contributed by atoms with E-state index in [1.54, 1.807) is 13.8 Å². The van der Waals surface area contributed by atoms with Crippen molar-refractivity contribution >= 4 is 24.2 Å². The molecule has 5 heterocycles. The summed E-state index contributed by atoms with van der Waals surface area (Å²) in [5.74, 6) is -2.21. The van der Waals surface area contributed by atoms with Crippen molar-refractivity contribution < 1.29 is 38.3 Å². The fourth-order valence-corrected chi connectivity index (χ4v) is 8.66. The monoisotopic (exact) mass is 670 g/mol. The van der Waals surface area contributed by atoms with Gasteiger partial charge in [-0.2, -0.15) is 0 Å². The van der Waals surface area contributed by atoms with E-state index in [1.165, 1.54) is 8.96 Å². The third-order valence-electron chi connectivity index (χ3n) is 10.9. The molecule has 4 N–H and O–H groups in total. The zero-order chi connectivity index (χ0) is 34.5. The van der Waals surface area contributed by atoms with Crippen molar-refractivity contribution in [2.45, 2.75) is 129 Å². The lowest BCUT2D eigenvalue weighted by molar-refractivity contribution is -0.363. The van der Waals surface area contributed by atoms with Crippen LogP contribution in [0.15, 0.2) is 29.6 Å². The molecular weight excluding hydrogens is 621 g/mol. The maximum Gasteiger partial charge on any atom is 0.737 e. The minimum atomic E-state index is -3.94. The third-order valence-corrected chi connectivity index (χ3v) is 10.9. The van der Waals surface area contributed by atoms with Gasteiger partial charge in [-0.25, -0.2) is 0 Å². The van der Waals surface area contributed by atoms with E-state index < -0.39 is 49.3 Å². The van der Waals surface area contributed by atoms with Crippen molar-refractivity contribution in [2.75, 3.05) is 6.54 Å². The number of allylic oxidation sites excluding steroid dienone is 3. The normalized spacial score (nSPS) is 28.8. The molecule has 11 nitrogen and oxygen atoms in total. The van der Waals surface area contributed by atoms with Gasteiger partial charge in [0, 0.05) is 48.6 Å². The van der Waals surface area contributed by atoms with E-state index in [9.17, 15) is 25.2 Å². The van der Waals surface area contributed by atoms with Crippen LogP contribution < -0.4 is 0 Å². The second-order valence-corrected chi connectivity index (χ2v) is 14.3. The van der Waals surface area contributed by atoms with Crippen LogP contribution in [0.4, 0.5) is 8.63 Å². The summed E-state index contributed by atoms with van der Waals surface area (Å²) >= 11 is 0. The number of rotatable bonds is 15. The minimum absolute atomic E-state index is 0.396. The molecule has 2 aromatic heterocycles. The first-order valence-corrected chi connectivity index (χ1v) is 17.5. The van der Waals surface area contributed by atoms with Gasteiger partial charge in [0.05, 0.1) is 23.9 Å². The van der Waals surface area contributed by atoms with Gasteiger partial charge < -0.3 is 38.0 Å². The second kappa shape index (κ2) is 13.6. The van der Waals surface area contributed by atoms with E-state index in [1.807, 2.05) is 41.8 Å². The quantitative estimate of drug-likeness (QED) is 0.128. The molecule has 1 unspecified atom stereocenters. The molecule has 48 heavy (non-hydrogen) atoms. The third kappa shape index (κ3) is 6.20. The molecule has 0 radical (unpaired) electrons. The number of aliphatic hydroxyl groups excluding tert-OH is 3. The van der Waals surface area contributed by atoms with Crippen molar-refractivity contribution in [2.24, 2.45) is 5.92 Å². The number of aryl methyl sites for hydroxylation is 4. The van der Waals surface area contributed by atoms with Crippen LogP contribution in [0.1, 0.15) is 94.3 Å². The largest absolute Gasteiger partial charge is 0.737 e. The van der Waals surface area contributed by atoms with Crippen molar-refractivity contribution in [1.82, 2.24) is 24.4 Å². The van der Waals surface area contributed by atoms with Crippen LogP contribution in [0, 0.1) is 19.8 Å². The lowest BCUT2D eigenvalue weighted by atomic mass is 9.83. The average molecular weight is 671 g/mol. The summed E-state index contributed by atoms with van der Waals surface area (Å²) in [6.45, 7) is 4.88. The number of aliphatic carboxylic acids is 1. The summed E-state index contributed by atoms with van der Waals surface area (Å²) in [5.41, 5.74) is 6.24. The first-order valence-electron chi connectivity index (χ1n) is 17.5. The number of hydrogen-bond donors (Lipinski definition) is 4. The summed E-state index contributed by atoms with van der Waals surface area (Å²) in [4.78, 5) is 13.5. The number of aliphatic hydroxyl groups is 3. The topological polar surface area (TPSA) is 140 Å². The Balaban J connectivity index is 0.899. The molecule has 0 amide bonds. The van der Waals surface area contributed by atoms with Crippen LogP contribution in [-0.4, -0.2) is 105 Å². The molecule has 0 aromatic carbocycles. The summed E-state index contributed by atoms with van der Waals surface area (Å²) < 4.78 is 35.9. The Labute approximate surface area is 280 Å². The average Bonchev–Trinajstić information content (AvgIpc) is 3.24. The Morgan fingerprint density at radius 2 is 1.56 bits per heavy atom. The lowest BCUT2D eigenvalue weighted by Gasteiger charge is -2.34. The number of unbranched alkanes of at least 4 members (excludes halogenated alkanes) is 6. The number of halogens is 2. The van der Waals surface area contributed by atoms with Crippen LogP contribution in [0.3, 0.4) is 0 Å². The van der Waals surface area contributed by atoms with E-state index in [0.717, 1.165) is 86.7 Å². The van der Waals surface area contributed by atoms with Gasteiger partial charge in [0.1, 0.15) is 17.7 Å². The van der Waals surface area contributed by atoms with Gasteiger partial charge >= 0.3 is 12.9 Å². The van der Waals surface area contributed by atoms with Crippen LogP contribution in [0.2, 0.25) is 0 Å². The number of aromatic nitrogens is 4. The highest BCUT2D eigenvalue weighted by molar-refractivity contribution is 6.58. The molecule has 3 aliphatic heterocycles. The highest BCUT2D eigenvalue weighted by Crippen LogP contribution is 2.45. The van der Waals surface area contributed by atoms with E-state index >= 15 is 8.63 Å². The first-order chi connectivity index (χ1) is 22.8. The summed E-state index contributed by atoms with van der Waals surface area (Å²) in [5, 5.41) is 48.5. The van der Waals surface area contributed by atoms with Crippen molar-refractivity contribution in [3.8, 4) is 0 Å². The van der Waals surface area contributed by atoms with Crippen LogP contribution in [0.5, 0.6) is 0 Å². The number of carboxylic acids is 1. The van der Waals surface area contributed by atoms with Gasteiger partial charge in [0.25, 0.3) is 0 Å². The molecule has 1 saturated carbocycles. The maximum absolute atomic E-state index is 15.8. The summed E-state index contributed by atoms with van der Waals surface area (Å²) in [6, 6.07) is 1.05. The molecule has 262 valence electrons. The van der Waals surface area contributed by atoms with E-state index in [0.29, 0.717) is 35.8 Å². The molecule has 0 spiro atoms. The van der Waals surface area contributed by atoms with Gasteiger partial charge in [0.15, 0.2) is 5.70 Å². The van der Waals surface area contributed by atoms with Gasteiger partial charge in [-0.15, -0.1) is 5.10 Å². The number of nitrogens with zero attached hydrogens (tertiary/aromatic N) is 6. The Morgan fingerprint density at radius 1 is 0.896 bits per heavy atom. The first kappa shape index (κ1) is 34.7. The molecule has 2 aromatic rings. The fourth-order valence-electron chi connectivity index (χ4n) is 8.66. The predicted molar refractivity (Wildman–Crippen MR) is 178 cm³/mol. The minimum Gasteiger partial charge on any atom is -0.481 e. The van der Waals surface area contributed by atoms with Gasteiger partial charge in [-0.3, -0.25) is 14.4 Å². The van der Waals surface area contributed by atoms with Crippen molar-refractivity contribution in [1.29, 1.82) is 0 Å². The smallest absolute Gasteiger partial charge is 0.481 e. The zero-order valence-corrected chi connectivity index (χ0v) is 28.4. The van der Waals surface area contributed by atoms with Crippen LogP contribution in [0.25, 0.3) is 5.57 Å². The van der Waals surface area contributed by atoms with Crippen LogP contribution in [-0.2, 0) is 17.8 Å². The molecule has 6 rings (SSSR count).